The van der Waals surface area contributed by atoms with Crippen LogP contribution in [0.1, 0.15) is 10.7 Å². The summed E-state index contributed by atoms with van der Waals surface area (Å²) in [6.45, 7) is 1.28. The topological polar surface area (TPSA) is 47.0 Å². The maximum absolute atomic E-state index is 5.78. The van der Waals surface area contributed by atoms with E-state index in [1.165, 1.54) is 0 Å². The van der Waals surface area contributed by atoms with Crippen molar-refractivity contribution in [3.8, 4) is 5.75 Å². The standard InChI is InChI=1S/C15H15N3OS/c1-16-8-15-18-12(10-20-15)9-19-13-5-4-11-3-2-6-17-14(11)7-13/h2-7,10,16H,8-9H2,1H3. The monoisotopic (exact) mass is 285 g/mol. The van der Waals surface area contributed by atoms with Crippen LogP contribution in [0.3, 0.4) is 0 Å². The van der Waals surface area contributed by atoms with Crippen LogP contribution in [0.2, 0.25) is 0 Å². The summed E-state index contributed by atoms with van der Waals surface area (Å²) >= 11 is 1.65. The zero-order valence-corrected chi connectivity index (χ0v) is 12.0. The molecular weight excluding hydrogens is 270 g/mol. The van der Waals surface area contributed by atoms with Crippen LogP contribution in [0.5, 0.6) is 5.75 Å². The van der Waals surface area contributed by atoms with E-state index in [9.17, 15) is 0 Å². The van der Waals surface area contributed by atoms with Gasteiger partial charge in [-0.1, -0.05) is 6.07 Å². The molecule has 3 rings (SSSR count). The van der Waals surface area contributed by atoms with Gasteiger partial charge in [0.1, 0.15) is 17.4 Å². The fourth-order valence-electron chi connectivity index (χ4n) is 1.94. The molecule has 1 aromatic carbocycles. The fourth-order valence-corrected chi connectivity index (χ4v) is 2.73. The number of nitrogens with zero attached hydrogens (tertiary/aromatic N) is 2. The van der Waals surface area contributed by atoms with Crippen molar-refractivity contribution in [2.45, 2.75) is 13.2 Å². The van der Waals surface area contributed by atoms with Gasteiger partial charge in [-0.05, 0) is 25.2 Å². The van der Waals surface area contributed by atoms with Crippen molar-refractivity contribution in [3.63, 3.8) is 0 Å². The SMILES string of the molecule is CNCc1nc(COc2ccc3cccnc3c2)cs1. The molecule has 1 N–H and O–H groups in total. The molecule has 0 atom stereocenters. The summed E-state index contributed by atoms with van der Waals surface area (Å²) in [6.07, 6.45) is 1.79. The van der Waals surface area contributed by atoms with Crippen molar-refractivity contribution < 1.29 is 4.74 Å². The van der Waals surface area contributed by atoms with E-state index in [1.807, 2.05) is 42.8 Å². The van der Waals surface area contributed by atoms with Crippen LogP contribution in [0.4, 0.5) is 0 Å². The first-order valence-electron chi connectivity index (χ1n) is 6.40. The smallest absolute Gasteiger partial charge is 0.131 e. The highest BCUT2D eigenvalue weighted by Gasteiger charge is 2.03. The summed E-state index contributed by atoms with van der Waals surface area (Å²) in [5, 5.41) is 7.31. The normalized spacial score (nSPS) is 10.8. The zero-order valence-electron chi connectivity index (χ0n) is 11.2. The summed E-state index contributed by atoms with van der Waals surface area (Å²) in [5.74, 6) is 0.819. The lowest BCUT2D eigenvalue weighted by Crippen LogP contribution is -2.05. The molecule has 0 amide bonds. The molecule has 0 unspecified atom stereocenters. The highest BCUT2D eigenvalue weighted by Crippen LogP contribution is 2.20. The first-order valence-corrected chi connectivity index (χ1v) is 7.28. The van der Waals surface area contributed by atoms with E-state index in [0.717, 1.165) is 33.9 Å². The van der Waals surface area contributed by atoms with E-state index in [1.54, 1.807) is 17.5 Å². The van der Waals surface area contributed by atoms with Gasteiger partial charge in [-0.25, -0.2) is 4.98 Å². The molecule has 20 heavy (non-hydrogen) atoms. The minimum atomic E-state index is 0.485. The second kappa shape index (κ2) is 5.98. The summed E-state index contributed by atoms with van der Waals surface area (Å²) in [6, 6.07) is 9.91. The summed E-state index contributed by atoms with van der Waals surface area (Å²) in [5.41, 5.74) is 1.90. The van der Waals surface area contributed by atoms with Crippen molar-refractivity contribution in [2.75, 3.05) is 7.05 Å². The second-order valence-electron chi connectivity index (χ2n) is 4.41. The number of rotatable bonds is 5. The number of pyridine rings is 1. The second-order valence-corrected chi connectivity index (χ2v) is 5.35. The van der Waals surface area contributed by atoms with Gasteiger partial charge in [0.2, 0.25) is 0 Å². The number of aromatic nitrogens is 2. The van der Waals surface area contributed by atoms with E-state index >= 15 is 0 Å². The predicted molar refractivity (Wildman–Crippen MR) is 81.0 cm³/mol. The van der Waals surface area contributed by atoms with E-state index < -0.39 is 0 Å². The van der Waals surface area contributed by atoms with E-state index in [0.29, 0.717) is 6.61 Å². The Hall–Kier alpha value is -1.98. The quantitative estimate of drug-likeness (QED) is 0.783. The van der Waals surface area contributed by atoms with E-state index in [-0.39, 0.29) is 0 Å². The Kier molecular flexibility index (Phi) is 3.90. The number of thiazole rings is 1. The van der Waals surface area contributed by atoms with Crippen LogP contribution in [-0.2, 0) is 13.2 Å². The molecule has 0 saturated carbocycles. The third-order valence-corrected chi connectivity index (χ3v) is 3.79. The van der Waals surface area contributed by atoms with Gasteiger partial charge in [0, 0.05) is 29.6 Å². The Balaban J connectivity index is 1.69. The zero-order chi connectivity index (χ0) is 13.8. The molecule has 5 heteroatoms. The van der Waals surface area contributed by atoms with E-state index in [4.69, 9.17) is 4.74 Å². The van der Waals surface area contributed by atoms with Crippen LogP contribution < -0.4 is 10.1 Å². The van der Waals surface area contributed by atoms with Gasteiger partial charge in [0.05, 0.1) is 11.2 Å². The van der Waals surface area contributed by atoms with Crippen molar-refractivity contribution >= 4 is 22.2 Å². The average Bonchev–Trinajstić information content (AvgIpc) is 2.93. The molecule has 0 bridgehead atoms. The molecule has 102 valence electrons. The molecule has 3 aromatic rings. The molecular formula is C15H15N3OS. The maximum atomic E-state index is 5.78. The lowest BCUT2D eigenvalue weighted by molar-refractivity contribution is 0.302. The lowest BCUT2D eigenvalue weighted by Gasteiger charge is -2.05. The van der Waals surface area contributed by atoms with Gasteiger partial charge in [-0.15, -0.1) is 11.3 Å². The molecule has 0 saturated heterocycles. The largest absolute Gasteiger partial charge is 0.487 e. The van der Waals surface area contributed by atoms with E-state index in [2.05, 4.69) is 15.3 Å². The van der Waals surface area contributed by atoms with Crippen molar-refractivity contribution in [1.29, 1.82) is 0 Å². The minimum absolute atomic E-state index is 0.485. The highest BCUT2D eigenvalue weighted by molar-refractivity contribution is 7.09. The summed E-state index contributed by atoms with van der Waals surface area (Å²) in [7, 11) is 1.92. The summed E-state index contributed by atoms with van der Waals surface area (Å²) in [4.78, 5) is 8.82. The fraction of sp³-hybridized carbons (Fsp3) is 0.200. The molecule has 0 radical (unpaired) electrons. The molecule has 2 aromatic heterocycles. The number of benzene rings is 1. The van der Waals surface area contributed by atoms with Crippen molar-refractivity contribution in [1.82, 2.24) is 15.3 Å². The van der Waals surface area contributed by atoms with Gasteiger partial charge in [-0.3, -0.25) is 4.98 Å². The number of ether oxygens (including phenoxy) is 1. The number of nitrogens with one attached hydrogen (secondary N) is 1. The Morgan fingerprint density at radius 3 is 3.15 bits per heavy atom. The number of fused-ring (bicyclic) bond motifs is 1. The molecule has 4 nitrogen and oxygen atoms in total. The highest BCUT2D eigenvalue weighted by atomic mass is 32.1. The third-order valence-electron chi connectivity index (χ3n) is 2.89. The molecule has 0 aliphatic heterocycles. The van der Waals surface area contributed by atoms with Crippen LogP contribution in [0.25, 0.3) is 10.9 Å². The van der Waals surface area contributed by atoms with Crippen LogP contribution in [0, 0.1) is 0 Å². The lowest BCUT2D eigenvalue weighted by atomic mass is 10.2. The summed E-state index contributed by atoms with van der Waals surface area (Å²) < 4.78 is 5.78. The number of hydrogen-bond donors (Lipinski definition) is 1. The van der Waals surface area contributed by atoms with Crippen molar-refractivity contribution in [3.05, 3.63) is 52.6 Å². The number of hydrogen-bond acceptors (Lipinski definition) is 5. The van der Waals surface area contributed by atoms with Crippen molar-refractivity contribution in [2.24, 2.45) is 0 Å². The molecule has 0 aliphatic carbocycles. The minimum Gasteiger partial charge on any atom is -0.487 e. The molecule has 0 fully saturated rings. The molecule has 0 spiro atoms. The van der Waals surface area contributed by atoms with Gasteiger partial charge in [0.25, 0.3) is 0 Å². The Bertz CT molecular complexity index is 711. The average molecular weight is 285 g/mol. The Labute approximate surface area is 121 Å². The van der Waals surface area contributed by atoms with Crippen LogP contribution in [-0.4, -0.2) is 17.0 Å². The van der Waals surface area contributed by atoms with Gasteiger partial charge < -0.3 is 10.1 Å². The van der Waals surface area contributed by atoms with Gasteiger partial charge in [-0.2, -0.15) is 0 Å². The molecule has 2 heterocycles. The van der Waals surface area contributed by atoms with Gasteiger partial charge >= 0.3 is 0 Å². The first-order chi connectivity index (χ1) is 9.85. The molecule has 0 aliphatic rings. The maximum Gasteiger partial charge on any atom is 0.131 e. The van der Waals surface area contributed by atoms with Crippen LogP contribution in [0.15, 0.2) is 41.9 Å². The first kappa shape index (κ1) is 13.0. The van der Waals surface area contributed by atoms with Gasteiger partial charge in [0.15, 0.2) is 0 Å². The Morgan fingerprint density at radius 2 is 2.25 bits per heavy atom. The van der Waals surface area contributed by atoms with Crippen LogP contribution >= 0.6 is 11.3 Å². The predicted octanol–water partition coefficient (Wildman–Crippen LogP) is 2.99. The Morgan fingerprint density at radius 1 is 1.30 bits per heavy atom. The third kappa shape index (κ3) is 2.95.